The van der Waals surface area contributed by atoms with Crippen molar-refractivity contribution in [3.63, 3.8) is 0 Å². The van der Waals surface area contributed by atoms with E-state index in [1.165, 1.54) is 11.1 Å². The van der Waals surface area contributed by atoms with Gasteiger partial charge in [-0.1, -0.05) is 47.1 Å². The molecule has 0 amide bonds. The maximum Gasteiger partial charge on any atom is 0.119 e. The normalized spacial score (nSPS) is 12.1. The topological polar surface area (TPSA) is 21.3 Å². The molecule has 0 aliphatic heterocycles. The summed E-state index contributed by atoms with van der Waals surface area (Å²) in [4.78, 5) is 0. The van der Waals surface area contributed by atoms with Crippen molar-refractivity contribution >= 4 is 15.9 Å². The van der Waals surface area contributed by atoms with E-state index < -0.39 is 0 Å². The van der Waals surface area contributed by atoms with Crippen LogP contribution in [0.25, 0.3) is 0 Å². The Morgan fingerprint density at radius 2 is 1.90 bits per heavy atom. The van der Waals surface area contributed by atoms with Crippen molar-refractivity contribution in [2.75, 3.05) is 13.7 Å². The molecule has 0 aliphatic carbocycles. The molecule has 1 unspecified atom stereocenters. The second kappa shape index (κ2) is 8.20. The lowest BCUT2D eigenvalue weighted by molar-refractivity contribution is 0.413. The number of benzene rings is 2. The highest BCUT2D eigenvalue weighted by Crippen LogP contribution is 2.22. The van der Waals surface area contributed by atoms with Crippen LogP contribution in [-0.2, 0) is 6.42 Å². The van der Waals surface area contributed by atoms with E-state index in [1.807, 2.05) is 12.1 Å². The molecule has 2 aromatic rings. The van der Waals surface area contributed by atoms with E-state index in [4.69, 9.17) is 4.74 Å². The highest BCUT2D eigenvalue weighted by atomic mass is 79.9. The lowest BCUT2D eigenvalue weighted by Crippen LogP contribution is -2.24. The number of ether oxygens (including phenoxy) is 1. The molecule has 0 spiro atoms. The summed E-state index contributed by atoms with van der Waals surface area (Å²) in [5, 5.41) is 3.64. The van der Waals surface area contributed by atoms with Crippen LogP contribution in [0.4, 0.5) is 0 Å². The molecule has 0 bridgehead atoms. The third-order valence-corrected chi connectivity index (χ3v) is 4.02. The van der Waals surface area contributed by atoms with Gasteiger partial charge in [-0.05, 0) is 54.8 Å². The molecule has 0 aromatic heterocycles. The smallest absolute Gasteiger partial charge is 0.119 e. The van der Waals surface area contributed by atoms with Crippen molar-refractivity contribution in [2.24, 2.45) is 0 Å². The summed E-state index contributed by atoms with van der Waals surface area (Å²) in [6.07, 6.45) is 2.09. The second-order valence-corrected chi connectivity index (χ2v) is 6.03. The van der Waals surface area contributed by atoms with Gasteiger partial charge in [0.1, 0.15) is 5.75 Å². The van der Waals surface area contributed by atoms with Crippen molar-refractivity contribution in [3.05, 3.63) is 64.1 Å². The van der Waals surface area contributed by atoms with E-state index in [9.17, 15) is 0 Å². The highest BCUT2D eigenvalue weighted by Gasteiger charge is 2.12. The third-order valence-electron chi connectivity index (χ3n) is 3.49. The van der Waals surface area contributed by atoms with Crippen molar-refractivity contribution in [1.29, 1.82) is 0 Å². The van der Waals surface area contributed by atoms with E-state index in [1.54, 1.807) is 7.11 Å². The van der Waals surface area contributed by atoms with Crippen LogP contribution in [0.1, 0.15) is 30.5 Å². The number of hydrogen-bond donors (Lipinski definition) is 1. The summed E-state index contributed by atoms with van der Waals surface area (Å²) in [5.41, 5.74) is 2.60. The van der Waals surface area contributed by atoms with Gasteiger partial charge in [0.05, 0.1) is 7.11 Å². The first kappa shape index (κ1) is 16.1. The Morgan fingerprint density at radius 3 is 2.57 bits per heavy atom. The summed E-state index contributed by atoms with van der Waals surface area (Å²) in [6, 6.07) is 17.2. The van der Waals surface area contributed by atoms with Gasteiger partial charge in [-0.3, -0.25) is 0 Å². The summed E-state index contributed by atoms with van der Waals surface area (Å²) in [6.45, 7) is 3.21. The molecule has 2 nitrogen and oxygen atoms in total. The molecule has 2 rings (SSSR count). The summed E-state index contributed by atoms with van der Waals surface area (Å²) >= 11 is 3.50. The lowest BCUT2D eigenvalue weighted by Gasteiger charge is -2.19. The molecular weight excluding hydrogens is 326 g/mol. The largest absolute Gasteiger partial charge is 0.497 e. The van der Waals surface area contributed by atoms with Gasteiger partial charge in [0, 0.05) is 10.5 Å². The zero-order valence-electron chi connectivity index (χ0n) is 12.6. The maximum atomic E-state index is 5.31. The first-order valence-corrected chi connectivity index (χ1v) is 8.14. The lowest BCUT2D eigenvalue weighted by atomic mass is 9.98. The first-order chi connectivity index (χ1) is 10.2. The molecule has 2 aromatic carbocycles. The fraction of sp³-hybridized carbons (Fsp3) is 0.333. The Kier molecular flexibility index (Phi) is 6.27. The molecule has 112 valence electrons. The molecule has 0 saturated heterocycles. The number of halogens is 1. The maximum absolute atomic E-state index is 5.31. The number of methoxy groups -OCH3 is 1. The van der Waals surface area contributed by atoms with E-state index in [0.717, 1.165) is 29.6 Å². The average molecular weight is 348 g/mol. The van der Waals surface area contributed by atoms with Crippen LogP contribution in [0.5, 0.6) is 5.75 Å². The fourth-order valence-electron chi connectivity index (χ4n) is 2.36. The Morgan fingerprint density at radius 1 is 1.14 bits per heavy atom. The molecule has 1 atom stereocenters. The minimum absolute atomic E-state index is 0.324. The van der Waals surface area contributed by atoms with E-state index in [-0.39, 0.29) is 0 Å². The van der Waals surface area contributed by atoms with Crippen LogP contribution in [0, 0.1) is 0 Å². The molecule has 3 heteroatoms. The molecule has 0 aliphatic rings. The number of rotatable bonds is 7. The van der Waals surface area contributed by atoms with Crippen molar-refractivity contribution in [2.45, 2.75) is 25.8 Å². The molecule has 0 radical (unpaired) electrons. The SMILES string of the molecule is CCCNC(Cc1cccc(OC)c1)c1ccc(Br)cc1. The fourth-order valence-corrected chi connectivity index (χ4v) is 2.62. The van der Waals surface area contributed by atoms with Gasteiger partial charge in [-0.25, -0.2) is 0 Å². The second-order valence-electron chi connectivity index (χ2n) is 5.11. The van der Waals surface area contributed by atoms with Crippen LogP contribution < -0.4 is 10.1 Å². The van der Waals surface area contributed by atoms with Crippen molar-refractivity contribution in [1.82, 2.24) is 5.32 Å². The minimum atomic E-state index is 0.324. The summed E-state index contributed by atoms with van der Waals surface area (Å²) in [5.74, 6) is 0.914. The first-order valence-electron chi connectivity index (χ1n) is 7.34. The standard InChI is InChI=1S/C18H22BrNO/c1-3-11-20-18(15-7-9-16(19)10-8-15)13-14-5-4-6-17(12-14)21-2/h4-10,12,18,20H,3,11,13H2,1-2H3. The van der Waals surface area contributed by atoms with Crippen molar-refractivity contribution in [3.8, 4) is 5.75 Å². The number of nitrogens with one attached hydrogen (secondary N) is 1. The van der Waals surface area contributed by atoms with Crippen LogP contribution in [0.3, 0.4) is 0 Å². The molecule has 0 heterocycles. The van der Waals surface area contributed by atoms with Gasteiger partial charge in [0.25, 0.3) is 0 Å². The van der Waals surface area contributed by atoms with Gasteiger partial charge in [-0.15, -0.1) is 0 Å². The third kappa shape index (κ3) is 4.87. The molecule has 0 saturated carbocycles. The quantitative estimate of drug-likeness (QED) is 0.780. The van der Waals surface area contributed by atoms with E-state index in [0.29, 0.717) is 6.04 Å². The monoisotopic (exact) mass is 347 g/mol. The predicted molar refractivity (Wildman–Crippen MR) is 91.9 cm³/mol. The molecule has 21 heavy (non-hydrogen) atoms. The Balaban J connectivity index is 2.17. The van der Waals surface area contributed by atoms with Crippen LogP contribution >= 0.6 is 15.9 Å². The van der Waals surface area contributed by atoms with Gasteiger partial charge >= 0.3 is 0 Å². The summed E-state index contributed by atoms with van der Waals surface area (Å²) in [7, 11) is 1.71. The van der Waals surface area contributed by atoms with E-state index >= 15 is 0 Å². The predicted octanol–water partition coefficient (Wildman–Crippen LogP) is 4.74. The van der Waals surface area contributed by atoms with Gasteiger partial charge < -0.3 is 10.1 Å². The van der Waals surface area contributed by atoms with Gasteiger partial charge in [0.15, 0.2) is 0 Å². The van der Waals surface area contributed by atoms with Gasteiger partial charge in [0.2, 0.25) is 0 Å². The number of hydrogen-bond acceptors (Lipinski definition) is 2. The van der Waals surface area contributed by atoms with Crippen LogP contribution in [-0.4, -0.2) is 13.7 Å². The Labute approximate surface area is 135 Å². The average Bonchev–Trinajstić information content (AvgIpc) is 2.52. The molecule has 1 N–H and O–H groups in total. The minimum Gasteiger partial charge on any atom is -0.497 e. The Hall–Kier alpha value is -1.32. The van der Waals surface area contributed by atoms with Crippen LogP contribution in [0.2, 0.25) is 0 Å². The molecule has 0 fully saturated rings. The van der Waals surface area contributed by atoms with Crippen molar-refractivity contribution < 1.29 is 4.74 Å². The van der Waals surface area contributed by atoms with Crippen LogP contribution in [0.15, 0.2) is 53.0 Å². The Bertz CT molecular complexity index is 553. The molecular formula is C18H22BrNO. The zero-order valence-corrected chi connectivity index (χ0v) is 14.2. The highest BCUT2D eigenvalue weighted by molar-refractivity contribution is 9.10. The summed E-state index contributed by atoms with van der Waals surface area (Å²) < 4.78 is 6.43. The zero-order chi connectivity index (χ0) is 15.1. The van der Waals surface area contributed by atoms with Gasteiger partial charge in [-0.2, -0.15) is 0 Å². The van der Waals surface area contributed by atoms with E-state index in [2.05, 4.69) is 64.6 Å².